The van der Waals surface area contributed by atoms with Crippen molar-refractivity contribution in [2.75, 3.05) is 31.2 Å². The van der Waals surface area contributed by atoms with Crippen molar-refractivity contribution < 1.29 is 9.30 Å². The summed E-state index contributed by atoms with van der Waals surface area (Å²) >= 11 is 0. The van der Waals surface area contributed by atoms with E-state index in [1.165, 1.54) is 28.1 Å². The van der Waals surface area contributed by atoms with Crippen molar-refractivity contribution in [2.24, 2.45) is 0 Å². The van der Waals surface area contributed by atoms with Crippen LogP contribution in [0.25, 0.3) is 11.2 Å². The Hall–Kier alpha value is -2.33. The summed E-state index contributed by atoms with van der Waals surface area (Å²) in [5, 5.41) is 0. The van der Waals surface area contributed by atoms with Gasteiger partial charge < -0.3 is 9.64 Å². The molecule has 0 bridgehead atoms. The molecule has 0 atom stereocenters. The third-order valence-electron chi connectivity index (χ3n) is 5.48. The summed E-state index contributed by atoms with van der Waals surface area (Å²) in [6.07, 6.45) is 4.50. The molecule has 4 rings (SSSR count). The number of rotatable bonds is 4. The summed E-state index contributed by atoms with van der Waals surface area (Å²) < 4.78 is 10.2. The Balaban J connectivity index is 1.88. The molecule has 3 aromatic rings. The zero-order chi connectivity index (χ0) is 19.0. The number of aromatic nitrogens is 2. The first-order valence-electron chi connectivity index (χ1n) is 10.0. The molecule has 0 spiro atoms. The van der Waals surface area contributed by atoms with E-state index in [4.69, 9.17) is 4.74 Å². The van der Waals surface area contributed by atoms with Crippen LogP contribution in [0.15, 0.2) is 48.9 Å². The number of anilines is 1. The van der Waals surface area contributed by atoms with Crippen LogP contribution in [0, 0.1) is 0 Å². The first-order valence-corrected chi connectivity index (χ1v) is 10.0. The van der Waals surface area contributed by atoms with Crippen LogP contribution >= 0.6 is 0 Å². The van der Waals surface area contributed by atoms with E-state index in [-0.39, 0.29) is 0 Å². The number of para-hydroxylation sites is 1. The molecule has 0 N–H and O–H groups in total. The van der Waals surface area contributed by atoms with Crippen LogP contribution in [0.1, 0.15) is 50.7 Å². The molecule has 1 saturated heterocycles. The molecule has 1 aliphatic heterocycles. The van der Waals surface area contributed by atoms with Gasteiger partial charge in [0.25, 0.3) is 6.33 Å². The highest BCUT2D eigenvalue weighted by Crippen LogP contribution is 2.28. The number of ether oxygens (including phenoxy) is 1. The number of hydrogen-bond acceptors (Lipinski definition) is 2. The summed E-state index contributed by atoms with van der Waals surface area (Å²) in [7, 11) is 0. The maximum absolute atomic E-state index is 5.54. The van der Waals surface area contributed by atoms with Crippen LogP contribution in [0.5, 0.6) is 0 Å². The molecule has 1 fully saturated rings. The van der Waals surface area contributed by atoms with Gasteiger partial charge in [-0.2, -0.15) is 4.40 Å². The predicted molar refractivity (Wildman–Crippen MR) is 110 cm³/mol. The Morgan fingerprint density at radius 1 is 0.889 bits per heavy atom. The van der Waals surface area contributed by atoms with Crippen LogP contribution in [0.4, 0.5) is 5.82 Å². The van der Waals surface area contributed by atoms with E-state index in [9.17, 15) is 0 Å². The zero-order valence-corrected chi connectivity index (χ0v) is 16.9. The molecule has 1 aliphatic rings. The van der Waals surface area contributed by atoms with E-state index in [2.05, 4.69) is 90.5 Å². The minimum atomic E-state index is 0.480. The van der Waals surface area contributed by atoms with Crippen molar-refractivity contribution in [1.29, 1.82) is 0 Å². The van der Waals surface area contributed by atoms with Gasteiger partial charge in [-0.1, -0.05) is 52.0 Å². The smallest absolute Gasteiger partial charge is 0.255 e. The minimum absolute atomic E-state index is 0.480. The molecule has 3 heterocycles. The molecule has 4 heteroatoms. The van der Waals surface area contributed by atoms with E-state index < -0.39 is 0 Å². The largest absolute Gasteiger partial charge is 0.378 e. The van der Waals surface area contributed by atoms with Gasteiger partial charge in [-0.3, -0.25) is 0 Å². The summed E-state index contributed by atoms with van der Waals surface area (Å²) in [5.74, 6) is 2.20. The highest BCUT2D eigenvalue weighted by atomic mass is 16.5. The topological polar surface area (TPSA) is 20.8 Å². The second-order valence-corrected chi connectivity index (χ2v) is 8.02. The van der Waals surface area contributed by atoms with E-state index in [1.54, 1.807) is 0 Å². The number of pyridine rings is 1. The number of benzene rings is 1. The standard InChI is InChI=1S/C23H30N3O/c1-17(2)20-8-6-9-21(18(3)4)23(20)25-15-19-7-5-10-22(26(19)16-25)24-11-13-27-14-12-24/h5-10,15-18H,11-14H2,1-4H3/q+1. The van der Waals surface area contributed by atoms with E-state index in [0.717, 1.165) is 26.3 Å². The molecule has 142 valence electrons. The van der Waals surface area contributed by atoms with Gasteiger partial charge in [0, 0.05) is 30.3 Å². The first kappa shape index (κ1) is 18.1. The average molecular weight is 365 g/mol. The summed E-state index contributed by atoms with van der Waals surface area (Å²) in [4.78, 5) is 2.42. The van der Waals surface area contributed by atoms with Crippen LogP contribution in [0.2, 0.25) is 0 Å². The molecule has 0 saturated carbocycles. The number of fused-ring (bicyclic) bond motifs is 1. The highest BCUT2D eigenvalue weighted by Gasteiger charge is 2.23. The van der Waals surface area contributed by atoms with Gasteiger partial charge in [-0.15, -0.1) is 0 Å². The van der Waals surface area contributed by atoms with Crippen molar-refractivity contribution in [1.82, 2.24) is 4.40 Å². The zero-order valence-electron chi connectivity index (χ0n) is 16.9. The molecular formula is C23H30N3O+. The second kappa shape index (κ2) is 7.35. The van der Waals surface area contributed by atoms with Gasteiger partial charge in [0.05, 0.1) is 13.2 Å². The van der Waals surface area contributed by atoms with Crippen LogP contribution in [-0.4, -0.2) is 30.7 Å². The minimum Gasteiger partial charge on any atom is -0.378 e. The van der Waals surface area contributed by atoms with Crippen LogP contribution < -0.4 is 9.47 Å². The highest BCUT2D eigenvalue weighted by molar-refractivity contribution is 5.55. The number of imidazole rings is 1. The predicted octanol–water partition coefficient (Wildman–Crippen LogP) is 4.30. The van der Waals surface area contributed by atoms with E-state index in [0.29, 0.717) is 11.8 Å². The van der Waals surface area contributed by atoms with Gasteiger partial charge in [-0.25, -0.2) is 4.57 Å². The average Bonchev–Trinajstić information content (AvgIpc) is 3.12. The van der Waals surface area contributed by atoms with Gasteiger partial charge in [0.1, 0.15) is 11.9 Å². The Labute approximate surface area is 162 Å². The lowest BCUT2D eigenvalue weighted by Crippen LogP contribution is -2.37. The Morgan fingerprint density at radius 3 is 2.15 bits per heavy atom. The third kappa shape index (κ3) is 3.34. The molecule has 0 aliphatic carbocycles. The summed E-state index contributed by atoms with van der Waals surface area (Å²) in [6.45, 7) is 12.6. The molecule has 2 aromatic heterocycles. The van der Waals surface area contributed by atoms with Crippen molar-refractivity contribution >= 4 is 11.3 Å². The number of nitrogens with zero attached hydrogens (tertiary/aromatic N) is 3. The molecular weight excluding hydrogens is 334 g/mol. The fourth-order valence-electron chi connectivity index (χ4n) is 4.04. The number of morpholine rings is 1. The summed E-state index contributed by atoms with van der Waals surface area (Å²) in [5.41, 5.74) is 5.34. The van der Waals surface area contributed by atoms with Crippen LogP contribution in [-0.2, 0) is 4.74 Å². The third-order valence-corrected chi connectivity index (χ3v) is 5.48. The van der Waals surface area contributed by atoms with E-state index in [1.807, 2.05) is 0 Å². The quantitative estimate of drug-likeness (QED) is 0.644. The van der Waals surface area contributed by atoms with Crippen molar-refractivity contribution in [3.05, 3.63) is 60.0 Å². The molecule has 4 nitrogen and oxygen atoms in total. The second-order valence-electron chi connectivity index (χ2n) is 8.02. The fourth-order valence-corrected chi connectivity index (χ4v) is 4.04. The maximum atomic E-state index is 5.54. The van der Waals surface area contributed by atoms with Crippen molar-refractivity contribution in [3.8, 4) is 5.69 Å². The molecule has 27 heavy (non-hydrogen) atoms. The Morgan fingerprint density at radius 2 is 1.52 bits per heavy atom. The summed E-state index contributed by atoms with van der Waals surface area (Å²) in [6, 6.07) is 13.3. The molecule has 1 aromatic carbocycles. The van der Waals surface area contributed by atoms with Crippen molar-refractivity contribution in [3.63, 3.8) is 0 Å². The first-order chi connectivity index (χ1) is 13.1. The molecule has 0 radical (unpaired) electrons. The molecule has 0 amide bonds. The fraction of sp³-hybridized carbons (Fsp3) is 0.435. The monoisotopic (exact) mass is 364 g/mol. The normalized spacial score (nSPS) is 15.3. The van der Waals surface area contributed by atoms with Gasteiger partial charge in [-0.05, 0) is 17.9 Å². The SMILES string of the molecule is CC(C)c1cccc(C(C)C)c1-[n+]1cc2cccc(N3CCOCC3)n2c1. The maximum Gasteiger partial charge on any atom is 0.255 e. The lowest BCUT2D eigenvalue weighted by Gasteiger charge is -2.26. The Bertz CT molecular complexity index is 910. The van der Waals surface area contributed by atoms with Crippen molar-refractivity contribution in [2.45, 2.75) is 39.5 Å². The number of hydrogen-bond donors (Lipinski definition) is 0. The van der Waals surface area contributed by atoms with Gasteiger partial charge in [0.15, 0.2) is 5.52 Å². The van der Waals surface area contributed by atoms with E-state index >= 15 is 0 Å². The van der Waals surface area contributed by atoms with Gasteiger partial charge >= 0.3 is 0 Å². The van der Waals surface area contributed by atoms with Crippen LogP contribution in [0.3, 0.4) is 0 Å². The lowest BCUT2D eigenvalue weighted by atomic mass is 9.92. The lowest BCUT2D eigenvalue weighted by molar-refractivity contribution is -0.595. The molecule has 0 unspecified atom stereocenters. The Kier molecular flexibility index (Phi) is 4.92. The van der Waals surface area contributed by atoms with Gasteiger partial charge in [0.2, 0.25) is 5.82 Å².